The smallest absolute Gasteiger partial charge is 0.229 e. The first-order valence-corrected chi connectivity index (χ1v) is 9.67. The molecule has 3 rings (SSSR count). The first kappa shape index (κ1) is 19.2. The molecule has 1 saturated heterocycles. The van der Waals surface area contributed by atoms with Gasteiger partial charge >= 0.3 is 0 Å². The fourth-order valence-corrected chi connectivity index (χ4v) is 3.78. The van der Waals surface area contributed by atoms with Crippen LogP contribution in [0.5, 0.6) is 0 Å². The molecule has 4 nitrogen and oxygen atoms in total. The van der Waals surface area contributed by atoms with Gasteiger partial charge in [-0.25, -0.2) is 0 Å². The lowest BCUT2D eigenvalue weighted by Crippen LogP contribution is -2.29. The molecule has 4 heteroatoms. The molecule has 0 bridgehead atoms. The Kier molecular flexibility index (Phi) is 5.64. The second kappa shape index (κ2) is 7.95. The molecule has 2 amide bonds. The highest BCUT2D eigenvalue weighted by molar-refractivity contribution is 6.04. The van der Waals surface area contributed by atoms with Crippen molar-refractivity contribution in [1.29, 1.82) is 0 Å². The predicted molar refractivity (Wildman–Crippen MR) is 110 cm³/mol. The average molecular weight is 364 g/mol. The van der Waals surface area contributed by atoms with Crippen molar-refractivity contribution in [3.63, 3.8) is 0 Å². The largest absolute Gasteiger partial charge is 0.326 e. The molecule has 1 N–H and O–H groups in total. The van der Waals surface area contributed by atoms with Crippen LogP contribution in [-0.4, -0.2) is 18.4 Å². The van der Waals surface area contributed by atoms with Crippen LogP contribution >= 0.6 is 0 Å². The van der Waals surface area contributed by atoms with Gasteiger partial charge in [-0.05, 0) is 61.1 Å². The Hall–Kier alpha value is -2.62. The van der Waals surface area contributed by atoms with E-state index < -0.39 is 0 Å². The topological polar surface area (TPSA) is 49.4 Å². The molecule has 1 aliphatic rings. The highest BCUT2D eigenvalue weighted by Crippen LogP contribution is 2.33. The summed E-state index contributed by atoms with van der Waals surface area (Å²) in [4.78, 5) is 27.2. The molecule has 1 heterocycles. The highest BCUT2D eigenvalue weighted by atomic mass is 16.2. The lowest BCUT2D eigenvalue weighted by Gasteiger charge is -2.23. The number of benzene rings is 2. The standard InChI is InChI=1S/C23H28N2O2/c1-5-17(4)20-8-6-7-9-21(20)25-14-18(13-22(25)26)23(27)24-19-11-15(2)10-16(3)12-19/h6-12,17-18H,5,13-14H2,1-4H3,(H,24,27)/t17-,18+/m0/s1. The van der Waals surface area contributed by atoms with Crippen molar-refractivity contribution in [2.45, 2.75) is 46.5 Å². The minimum absolute atomic E-state index is 0.0197. The second-order valence-corrected chi connectivity index (χ2v) is 7.64. The van der Waals surface area contributed by atoms with Gasteiger partial charge in [-0.3, -0.25) is 9.59 Å². The molecule has 0 unspecified atom stereocenters. The molecule has 2 aromatic carbocycles. The van der Waals surface area contributed by atoms with E-state index >= 15 is 0 Å². The first-order chi connectivity index (χ1) is 12.9. The highest BCUT2D eigenvalue weighted by Gasteiger charge is 2.36. The van der Waals surface area contributed by atoms with Gasteiger partial charge in [0, 0.05) is 24.3 Å². The molecule has 0 aromatic heterocycles. The van der Waals surface area contributed by atoms with Crippen LogP contribution in [0.2, 0.25) is 0 Å². The van der Waals surface area contributed by atoms with E-state index in [9.17, 15) is 9.59 Å². The predicted octanol–water partition coefficient (Wildman–Crippen LogP) is 4.81. The number of nitrogens with zero attached hydrogens (tertiary/aromatic N) is 1. The van der Waals surface area contributed by atoms with E-state index in [1.807, 2.05) is 44.2 Å². The summed E-state index contributed by atoms with van der Waals surface area (Å²) < 4.78 is 0. The maximum Gasteiger partial charge on any atom is 0.229 e. The van der Waals surface area contributed by atoms with Crippen LogP contribution in [0.1, 0.15) is 49.3 Å². The number of para-hydroxylation sites is 1. The fourth-order valence-electron chi connectivity index (χ4n) is 3.78. The van der Waals surface area contributed by atoms with Gasteiger partial charge < -0.3 is 10.2 Å². The van der Waals surface area contributed by atoms with Crippen LogP contribution in [0.4, 0.5) is 11.4 Å². The zero-order valence-corrected chi connectivity index (χ0v) is 16.6. The van der Waals surface area contributed by atoms with Crippen LogP contribution in [0.25, 0.3) is 0 Å². The van der Waals surface area contributed by atoms with Gasteiger partial charge in [-0.15, -0.1) is 0 Å². The minimum atomic E-state index is -0.330. The fraction of sp³-hybridized carbons (Fsp3) is 0.391. The van der Waals surface area contributed by atoms with E-state index in [2.05, 4.69) is 31.3 Å². The van der Waals surface area contributed by atoms with Gasteiger partial charge in [0.05, 0.1) is 5.92 Å². The summed E-state index contributed by atoms with van der Waals surface area (Å²) in [6.07, 6.45) is 1.27. The quantitative estimate of drug-likeness (QED) is 0.828. The number of nitrogens with one attached hydrogen (secondary N) is 1. The number of carbonyl (C=O) groups excluding carboxylic acids is 2. The number of anilines is 2. The van der Waals surface area contributed by atoms with Crippen LogP contribution in [0.3, 0.4) is 0 Å². The summed E-state index contributed by atoms with van der Waals surface area (Å²) in [7, 11) is 0. The lowest BCUT2D eigenvalue weighted by atomic mass is 9.96. The molecule has 0 spiro atoms. The Labute approximate surface area is 161 Å². The summed E-state index contributed by atoms with van der Waals surface area (Å²) in [5.74, 6) is -0.0244. The molecule has 0 aliphatic carbocycles. The van der Waals surface area contributed by atoms with Crippen molar-refractivity contribution in [2.24, 2.45) is 5.92 Å². The van der Waals surface area contributed by atoms with E-state index in [0.717, 1.165) is 28.9 Å². The number of carbonyl (C=O) groups is 2. The van der Waals surface area contributed by atoms with E-state index in [0.29, 0.717) is 12.5 Å². The van der Waals surface area contributed by atoms with E-state index in [-0.39, 0.29) is 24.2 Å². The summed E-state index contributed by atoms with van der Waals surface area (Å²) in [6.45, 7) is 8.77. The summed E-state index contributed by atoms with van der Waals surface area (Å²) >= 11 is 0. The van der Waals surface area contributed by atoms with Crippen molar-refractivity contribution in [2.75, 3.05) is 16.8 Å². The van der Waals surface area contributed by atoms with Crippen molar-refractivity contribution < 1.29 is 9.59 Å². The normalized spacial score (nSPS) is 17.9. The van der Waals surface area contributed by atoms with Gasteiger partial charge in [0.15, 0.2) is 0 Å². The SMILES string of the molecule is CC[C@H](C)c1ccccc1N1C[C@H](C(=O)Nc2cc(C)cc(C)c2)CC1=O. The number of hydrogen-bond donors (Lipinski definition) is 1. The average Bonchev–Trinajstić information content (AvgIpc) is 3.02. The molecule has 27 heavy (non-hydrogen) atoms. The first-order valence-electron chi connectivity index (χ1n) is 9.67. The zero-order chi connectivity index (χ0) is 19.6. The van der Waals surface area contributed by atoms with Crippen LogP contribution < -0.4 is 10.2 Å². The monoisotopic (exact) mass is 364 g/mol. The molecule has 0 radical (unpaired) electrons. The van der Waals surface area contributed by atoms with Gasteiger partial charge in [0.25, 0.3) is 0 Å². The van der Waals surface area contributed by atoms with E-state index in [1.165, 1.54) is 5.56 Å². The molecule has 1 fully saturated rings. The molecular weight excluding hydrogens is 336 g/mol. The van der Waals surface area contributed by atoms with Gasteiger partial charge in [0.1, 0.15) is 0 Å². The van der Waals surface area contributed by atoms with Gasteiger partial charge in [0.2, 0.25) is 11.8 Å². The lowest BCUT2D eigenvalue weighted by molar-refractivity contribution is -0.122. The maximum atomic E-state index is 12.7. The van der Waals surface area contributed by atoms with Crippen molar-refractivity contribution >= 4 is 23.2 Å². The van der Waals surface area contributed by atoms with E-state index in [1.54, 1.807) is 4.90 Å². The van der Waals surface area contributed by atoms with Crippen molar-refractivity contribution in [3.05, 3.63) is 59.2 Å². The van der Waals surface area contributed by atoms with Gasteiger partial charge in [-0.1, -0.05) is 38.1 Å². The molecule has 2 aromatic rings. The Morgan fingerprint density at radius 3 is 2.52 bits per heavy atom. The third kappa shape index (κ3) is 4.21. The third-order valence-electron chi connectivity index (χ3n) is 5.36. The van der Waals surface area contributed by atoms with Gasteiger partial charge in [-0.2, -0.15) is 0 Å². The second-order valence-electron chi connectivity index (χ2n) is 7.64. The molecular formula is C23H28N2O2. The molecule has 0 saturated carbocycles. The summed E-state index contributed by atoms with van der Waals surface area (Å²) in [5.41, 5.74) is 5.12. The number of hydrogen-bond acceptors (Lipinski definition) is 2. The number of aryl methyl sites for hydroxylation is 2. The Balaban J connectivity index is 1.77. The zero-order valence-electron chi connectivity index (χ0n) is 16.6. The number of amides is 2. The Bertz CT molecular complexity index is 839. The van der Waals surface area contributed by atoms with Crippen LogP contribution in [0.15, 0.2) is 42.5 Å². The maximum absolute atomic E-state index is 12.7. The summed E-state index contributed by atoms with van der Waals surface area (Å²) in [5, 5.41) is 2.99. The molecule has 2 atom stereocenters. The van der Waals surface area contributed by atoms with Crippen molar-refractivity contribution in [1.82, 2.24) is 0 Å². The third-order valence-corrected chi connectivity index (χ3v) is 5.36. The van der Waals surface area contributed by atoms with E-state index in [4.69, 9.17) is 0 Å². The van der Waals surface area contributed by atoms with Crippen molar-refractivity contribution in [3.8, 4) is 0 Å². The molecule has 142 valence electrons. The Morgan fingerprint density at radius 1 is 1.19 bits per heavy atom. The number of rotatable bonds is 5. The molecule has 1 aliphatic heterocycles. The minimum Gasteiger partial charge on any atom is -0.326 e. The Morgan fingerprint density at radius 2 is 1.85 bits per heavy atom. The summed E-state index contributed by atoms with van der Waals surface area (Å²) in [6, 6.07) is 14.0. The van der Waals surface area contributed by atoms with Crippen LogP contribution in [0, 0.1) is 19.8 Å². The van der Waals surface area contributed by atoms with Crippen LogP contribution in [-0.2, 0) is 9.59 Å².